The maximum Gasteiger partial charge on any atom is 0.254 e. The molecule has 0 radical (unpaired) electrons. The highest BCUT2D eigenvalue weighted by Gasteiger charge is 2.45. The molecule has 156 valence electrons. The van der Waals surface area contributed by atoms with Crippen LogP contribution in [-0.2, 0) is 10.0 Å². The molecule has 0 N–H and O–H groups in total. The Balaban J connectivity index is 1.65. The lowest BCUT2D eigenvalue weighted by Crippen LogP contribution is -2.59. The summed E-state index contributed by atoms with van der Waals surface area (Å²) in [5.74, 6) is 0.0677. The Morgan fingerprint density at radius 2 is 1.82 bits per heavy atom. The predicted octanol–water partition coefficient (Wildman–Crippen LogP) is 1.32. The standard InChI is InChI=1S/C20H32N4O3S/c1-5-20(9-10-24(16-20)28(4,26)27)23-13-11-22(12-14-23)19(25)17-7-6-8-18(15-17)21(2)3/h6-8,15H,5,9-14,16H2,1-4H3/t20-/m0/s1. The number of sulfonamides is 1. The maximum absolute atomic E-state index is 12.9. The first-order chi connectivity index (χ1) is 13.2. The van der Waals surface area contributed by atoms with E-state index in [0.29, 0.717) is 31.7 Å². The summed E-state index contributed by atoms with van der Waals surface area (Å²) in [5, 5.41) is 0. The highest BCUT2D eigenvalue weighted by atomic mass is 32.2. The summed E-state index contributed by atoms with van der Waals surface area (Å²) in [6.45, 7) is 6.19. The molecule has 1 atom stereocenters. The molecule has 2 heterocycles. The third-order valence-corrected chi connectivity index (χ3v) is 7.52. The van der Waals surface area contributed by atoms with E-state index in [1.165, 1.54) is 6.26 Å². The van der Waals surface area contributed by atoms with Gasteiger partial charge in [0.25, 0.3) is 5.91 Å². The lowest BCUT2D eigenvalue weighted by molar-refractivity contribution is 0.0313. The van der Waals surface area contributed by atoms with Gasteiger partial charge in [0.1, 0.15) is 0 Å². The first-order valence-corrected chi connectivity index (χ1v) is 11.8. The van der Waals surface area contributed by atoms with Crippen LogP contribution < -0.4 is 4.90 Å². The number of benzene rings is 1. The second-order valence-corrected chi connectivity index (χ2v) is 10.1. The van der Waals surface area contributed by atoms with Crippen LogP contribution in [0.5, 0.6) is 0 Å². The highest BCUT2D eigenvalue weighted by Crippen LogP contribution is 2.33. The number of rotatable bonds is 5. The van der Waals surface area contributed by atoms with Gasteiger partial charge in [-0.1, -0.05) is 13.0 Å². The third-order valence-electron chi connectivity index (χ3n) is 6.27. The summed E-state index contributed by atoms with van der Waals surface area (Å²) in [5.41, 5.74) is 1.62. The zero-order valence-corrected chi connectivity index (χ0v) is 18.2. The molecular weight excluding hydrogens is 376 g/mol. The van der Waals surface area contributed by atoms with Crippen molar-refractivity contribution in [3.63, 3.8) is 0 Å². The number of hydrogen-bond donors (Lipinski definition) is 0. The van der Waals surface area contributed by atoms with Crippen molar-refractivity contribution in [3.8, 4) is 0 Å². The molecule has 3 rings (SSSR count). The number of carbonyl (C=O) groups excluding carboxylic acids is 1. The lowest BCUT2D eigenvalue weighted by Gasteiger charge is -2.45. The van der Waals surface area contributed by atoms with Gasteiger partial charge in [-0.2, -0.15) is 0 Å². The van der Waals surface area contributed by atoms with E-state index >= 15 is 0 Å². The molecule has 1 aromatic rings. The summed E-state index contributed by atoms with van der Waals surface area (Å²) in [6, 6.07) is 7.72. The molecule has 0 saturated carbocycles. The minimum atomic E-state index is -3.16. The zero-order chi connectivity index (χ0) is 20.5. The largest absolute Gasteiger partial charge is 0.378 e. The van der Waals surface area contributed by atoms with Gasteiger partial charge in [-0.3, -0.25) is 9.69 Å². The number of piperazine rings is 1. The van der Waals surface area contributed by atoms with Crippen molar-refractivity contribution in [1.82, 2.24) is 14.1 Å². The average molecular weight is 409 g/mol. The van der Waals surface area contributed by atoms with E-state index in [1.54, 1.807) is 4.31 Å². The van der Waals surface area contributed by atoms with Crippen LogP contribution in [-0.4, -0.2) is 93.6 Å². The lowest BCUT2D eigenvalue weighted by atomic mass is 9.92. The van der Waals surface area contributed by atoms with Crippen LogP contribution in [0.3, 0.4) is 0 Å². The Labute approximate surface area is 168 Å². The van der Waals surface area contributed by atoms with E-state index in [0.717, 1.165) is 31.6 Å². The summed E-state index contributed by atoms with van der Waals surface area (Å²) in [6.07, 6.45) is 3.06. The molecule has 2 aliphatic rings. The number of carbonyl (C=O) groups is 1. The second-order valence-electron chi connectivity index (χ2n) is 8.15. The Morgan fingerprint density at radius 1 is 1.14 bits per heavy atom. The van der Waals surface area contributed by atoms with Crippen LogP contribution in [0.15, 0.2) is 24.3 Å². The Hall–Kier alpha value is -1.64. The summed E-state index contributed by atoms with van der Waals surface area (Å²) < 4.78 is 25.5. The van der Waals surface area contributed by atoms with Gasteiger partial charge in [0.05, 0.1) is 6.26 Å². The molecule has 2 fully saturated rings. The van der Waals surface area contributed by atoms with Crippen molar-refractivity contribution >= 4 is 21.6 Å². The van der Waals surface area contributed by atoms with Gasteiger partial charge in [0.2, 0.25) is 10.0 Å². The fourth-order valence-corrected chi connectivity index (χ4v) is 5.25. The van der Waals surface area contributed by atoms with Crippen molar-refractivity contribution in [2.75, 3.05) is 64.5 Å². The SMILES string of the molecule is CC[C@]1(N2CCN(C(=O)c3cccc(N(C)C)c3)CC2)CCN(S(C)(=O)=O)C1. The zero-order valence-electron chi connectivity index (χ0n) is 17.4. The van der Waals surface area contributed by atoms with Gasteiger partial charge < -0.3 is 9.80 Å². The van der Waals surface area contributed by atoms with Crippen LogP contribution in [0.4, 0.5) is 5.69 Å². The molecule has 2 aliphatic heterocycles. The molecular formula is C20H32N4O3S. The Morgan fingerprint density at radius 3 is 2.36 bits per heavy atom. The smallest absolute Gasteiger partial charge is 0.254 e. The molecule has 2 saturated heterocycles. The molecule has 7 nitrogen and oxygen atoms in total. The molecule has 8 heteroatoms. The van der Waals surface area contributed by atoms with Crippen LogP contribution in [0.2, 0.25) is 0 Å². The minimum Gasteiger partial charge on any atom is -0.378 e. The monoisotopic (exact) mass is 408 g/mol. The molecule has 0 aromatic heterocycles. The third kappa shape index (κ3) is 4.18. The van der Waals surface area contributed by atoms with Gasteiger partial charge in [-0.25, -0.2) is 12.7 Å². The number of amides is 1. The first kappa shape index (κ1) is 21.1. The molecule has 0 bridgehead atoms. The van der Waals surface area contributed by atoms with Crippen molar-refractivity contribution in [2.24, 2.45) is 0 Å². The van der Waals surface area contributed by atoms with Gasteiger partial charge in [0.15, 0.2) is 0 Å². The van der Waals surface area contributed by atoms with E-state index in [-0.39, 0.29) is 11.4 Å². The number of anilines is 1. The summed E-state index contributed by atoms with van der Waals surface area (Å²) in [4.78, 5) is 19.2. The van der Waals surface area contributed by atoms with Crippen LogP contribution >= 0.6 is 0 Å². The fraction of sp³-hybridized carbons (Fsp3) is 0.650. The minimum absolute atomic E-state index is 0.0677. The summed E-state index contributed by atoms with van der Waals surface area (Å²) >= 11 is 0. The van der Waals surface area contributed by atoms with Crippen LogP contribution in [0.25, 0.3) is 0 Å². The molecule has 1 amide bonds. The molecule has 28 heavy (non-hydrogen) atoms. The quantitative estimate of drug-likeness (QED) is 0.735. The number of hydrogen-bond acceptors (Lipinski definition) is 5. The first-order valence-electron chi connectivity index (χ1n) is 9.93. The Kier molecular flexibility index (Phi) is 6.03. The second kappa shape index (κ2) is 8.00. The van der Waals surface area contributed by atoms with Gasteiger partial charge in [-0.15, -0.1) is 0 Å². The highest BCUT2D eigenvalue weighted by molar-refractivity contribution is 7.88. The normalized spacial score (nSPS) is 24.5. The van der Waals surface area contributed by atoms with Gasteiger partial charge in [-0.05, 0) is 31.0 Å². The van der Waals surface area contributed by atoms with Crippen molar-refractivity contribution in [3.05, 3.63) is 29.8 Å². The molecule has 0 spiro atoms. The Bertz CT molecular complexity index is 818. The van der Waals surface area contributed by atoms with Crippen molar-refractivity contribution in [1.29, 1.82) is 0 Å². The fourth-order valence-electron chi connectivity index (χ4n) is 4.36. The molecule has 1 aromatic carbocycles. The van der Waals surface area contributed by atoms with E-state index < -0.39 is 10.0 Å². The predicted molar refractivity (Wildman–Crippen MR) is 112 cm³/mol. The van der Waals surface area contributed by atoms with E-state index in [1.807, 2.05) is 48.2 Å². The van der Waals surface area contributed by atoms with Crippen LogP contribution in [0.1, 0.15) is 30.1 Å². The van der Waals surface area contributed by atoms with Crippen molar-refractivity contribution < 1.29 is 13.2 Å². The van der Waals surface area contributed by atoms with E-state index in [9.17, 15) is 13.2 Å². The average Bonchev–Trinajstić information content (AvgIpc) is 3.14. The maximum atomic E-state index is 12.9. The summed E-state index contributed by atoms with van der Waals surface area (Å²) in [7, 11) is 0.777. The van der Waals surface area contributed by atoms with Crippen LogP contribution in [0, 0.1) is 0 Å². The molecule has 0 aliphatic carbocycles. The molecule has 0 unspecified atom stereocenters. The van der Waals surface area contributed by atoms with E-state index in [2.05, 4.69) is 11.8 Å². The van der Waals surface area contributed by atoms with Crippen molar-refractivity contribution in [2.45, 2.75) is 25.3 Å². The number of nitrogens with zero attached hydrogens (tertiary/aromatic N) is 4. The topological polar surface area (TPSA) is 64.2 Å². The van der Waals surface area contributed by atoms with Gasteiger partial charge in [0, 0.05) is 70.2 Å². The van der Waals surface area contributed by atoms with E-state index in [4.69, 9.17) is 0 Å². The van der Waals surface area contributed by atoms with Gasteiger partial charge >= 0.3 is 0 Å².